The van der Waals surface area contributed by atoms with Crippen LogP contribution in [0.5, 0.6) is 0 Å². The molecule has 4 aromatic rings. The Hall–Kier alpha value is -3.97. The molecule has 5 rings (SSSR count). The summed E-state index contributed by atoms with van der Waals surface area (Å²) in [6.45, 7) is 1.96. The molecule has 2 atom stereocenters. The van der Waals surface area contributed by atoms with E-state index in [4.69, 9.17) is 4.74 Å². The minimum Gasteiger partial charge on any atom is -0.530 e. The van der Waals surface area contributed by atoms with E-state index < -0.39 is 6.09 Å². The van der Waals surface area contributed by atoms with Gasteiger partial charge in [-0.15, -0.1) is 0 Å². The van der Waals surface area contributed by atoms with Gasteiger partial charge < -0.3 is 24.4 Å². The van der Waals surface area contributed by atoms with Crippen LogP contribution < -0.4 is 10.0 Å². The number of fused-ring (bicyclic) bond motifs is 1. The number of carbonyl (C=O) groups is 1. The molecule has 0 aliphatic carbocycles. The molecule has 0 N–H and O–H groups in total. The Kier molecular flexibility index (Phi) is 8.68. The SMILES string of the molecule is CN(CCCCc1ccccc1)c1ncc(C2CCN(C(=O)[O-])CC2OCc2ccc3ccccc3c2)cn1. The lowest BCUT2D eigenvalue weighted by atomic mass is 9.88. The van der Waals surface area contributed by atoms with Crippen LogP contribution in [0.15, 0.2) is 85.2 Å². The van der Waals surface area contributed by atoms with E-state index in [-0.39, 0.29) is 18.6 Å². The van der Waals surface area contributed by atoms with Crippen molar-refractivity contribution in [2.45, 2.75) is 44.3 Å². The predicted octanol–water partition coefficient (Wildman–Crippen LogP) is 4.81. The van der Waals surface area contributed by atoms with Crippen LogP contribution in [0.4, 0.5) is 10.7 Å². The maximum absolute atomic E-state index is 11.6. The summed E-state index contributed by atoms with van der Waals surface area (Å²) in [4.78, 5) is 24.3. The van der Waals surface area contributed by atoms with Crippen molar-refractivity contribution in [2.75, 3.05) is 31.6 Å². The Morgan fingerprint density at radius 3 is 2.49 bits per heavy atom. The Morgan fingerprint density at radius 1 is 0.974 bits per heavy atom. The van der Waals surface area contributed by atoms with Crippen molar-refractivity contribution in [1.82, 2.24) is 14.9 Å². The minimum absolute atomic E-state index is 0.00582. The Labute approximate surface area is 230 Å². The standard InChI is InChI=1S/C32H36N4O3/c1-35(17-8-7-11-24-9-3-2-4-10-24)31-33-20-28(21-34-31)29-16-18-36(32(37)38)22-30(29)39-23-25-14-15-26-12-5-6-13-27(26)19-25/h2-6,9-10,12-15,19-21,29-30H,7-8,11,16-18,22-23H2,1H3,(H,37,38)/p-1. The quantitative estimate of drug-likeness (QED) is 0.278. The van der Waals surface area contributed by atoms with Gasteiger partial charge in [-0.25, -0.2) is 9.97 Å². The topological polar surface area (TPSA) is 81.6 Å². The summed E-state index contributed by atoms with van der Waals surface area (Å²) in [7, 11) is 2.02. The number of carboxylic acid groups (broad SMARTS) is 1. The van der Waals surface area contributed by atoms with Crippen LogP contribution in [0.25, 0.3) is 10.8 Å². The number of rotatable bonds is 10. The number of piperidine rings is 1. The van der Waals surface area contributed by atoms with Gasteiger partial charge in [0.1, 0.15) is 6.09 Å². The van der Waals surface area contributed by atoms with E-state index in [1.807, 2.05) is 37.6 Å². The van der Waals surface area contributed by atoms with E-state index in [2.05, 4.69) is 69.5 Å². The molecule has 7 heteroatoms. The van der Waals surface area contributed by atoms with Gasteiger partial charge in [-0.2, -0.15) is 0 Å². The van der Waals surface area contributed by atoms with Gasteiger partial charge >= 0.3 is 0 Å². The first-order chi connectivity index (χ1) is 19.1. The largest absolute Gasteiger partial charge is 0.530 e. The van der Waals surface area contributed by atoms with Gasteiger partial charge in [0.2, 0.25) is 5.95 Å². The van der Waals surface area contributed by atoms with Crippen molar-refractivity contribution < 1.29 is 14.6 Å². The number of likely N-dealkylation sites (tertiary alicyclic amines) is 1. The molecule has 1 aromatic heterocycles. The summed E-state index contributed by atoms with van der Waals surface area (Å²) >= 11 is 0. The summed E-state index contributed by atoms with van der Waals surface area (Å²) in [5, 5.41) is 13.9. The van der Waals surface area contributed by atoms with Gasteiger partial charge in [0.25, 0.3) is 0 Å². The lowest BCUT2D eigenvalue weighted by Gasteiger charge is -2.39. The van der Waals surface area contributed by atoms with Gasteiger partial charge in [0.15, 0.2) is 0 Å². The molecule has 7 nitrogen and oxygen atoms in total. The van der Waals surface area contributed by atoms with E-state index in [1.165, 1.54) is 15.8 Å². The number of ether oxygens (including phenoxy) is 1. The van der Waals surface area contributed by atoms with E-state index in [1.54, 1.807) is 0 Å². The minimum atomic E-state index is -1.16. The third kappa shape index (κ3) is 6.92. The first-order valence-corrected chi connectivity index (χ1v) is 13.7. The first kappa shape index (κ1) is 26.6. The zero-order chi connectivity index (χ0) is 27.0. The van der Waals surface area contributed by atoms with E-state index in [0.717, 1.165) is 42.3 Å². The molecular weight excluding hydrogens is 488 g/mol. The highest BCUT2D eigenvalue weighted by Crippen LogP contribution is 2.31. The molecule has 0 spiro atoms. The maximum atomic E-state index is 11.6. The molecule has 1 saturated heterocycles. The number of aromatic nitrogens is 2. The number of anilines is 1. The molecule has 0 radical (unpaired) electrons. The predicted molar refractivity (Wildman–Crippen MR) is 152 cm³/mol. The number of carbonyl (C=O) groups excluding carboxylic acids is 1. The molecule has 3 aromatic carbocycles. The van der Waals surface area contributed by atoms with E-state index in [9.17, 15) is 9.90 Å². The van der Waals surface area contributed by atoms with Crippen molar-refractivity contribution in [2.24, 2.45) is 0 Å². The highest BCUT2D eigenvalue weighted by Gasteiger charge is 2.32. The number of aryl methyl sites for hydroxylation is 1. The van der Waals surface area contributed by atoms with Crippen molar-refractivity contribution in [1.29, 1.82) is 0 Å². The van der Waals surface area contributed by atoms with E-state index in [0.29, 0.717) is 25.5 Å². The van der Waals surface area contributed by atoms with Crippen LogP contribution in [-0.4, -0.2) is 53.7 Å². The Balaban J connectivity index is 1.20. The Bertz CT molecular complexity index is 1360. The molecule has 202 valence electrons. The van der Waals surface area contributed by atoms with Crippen molar-refractivity contribution in [3.63, 3.8) is 0 Å². The normalized spacial score (nSPS) is 17.3. The number of hydrogen-bond acceptors (Lipinski definition) is 6. The number of benzene rings is 3. The summed E-state index contributed by atoms with van der Waals surface area (Å²) < 4.78 is 6.35. The second-order valence-corrected chi connectivity index (χ2v) is 10.3. The lowest BCUT2D eigenvalue weighted by Crippen LogP contribution is -2.51. The number of amides is 1. The fourth-order valence-electron chi connectivity index (χ4n) is 5.31. The summed E-state index contributed by atoms with van der Waals surface area (Å²) in [5.41, 5.74) is 3.39. The van der Waals surface area contributed by atoms with Crippen LogP contribution in [0, 0.1) is 0 Å². The van der Waals surface area contributed by atoms with E-state index >= 15 is 0 Å². The maximum Gasteiger partial charge on any atom is 0.224 e. The van der Waals surface area contributed by atoms with Crippen LogP contribution >= 0.6 is 0 Å². The second-order valence-electron chi connectivity index (χ2n) is 10.3. The summed E-state index contributed by atoms with van der Waals surface area (Å²) in [5.74, 6) is 0.700. The molecule has 1 aliphatic heterocycles. The van der Waals surface area contributed by atoms with Crippen molar-refractivity contribution in [3.8, 4) is 0 Å². The summed E-state index contributed by atoms with van der Waals surface area (Å²) in [6, 6.07) is 25.0. The third-order valence-corrected chi connectivity index (χ3v) is 7.57. The average Bonchev–Trinajstić information content (AvgIpc) is 2.98. The smallest absolute Gasteiger partial charge is 0.224 e. The molecule has 1 fully saturated rings. The molecular formula is C32H35N4O3-. The van der Waals surface area contributed by atoms with Crippen LogP contribution in [0.1, 0.15) is 41.9 Å². The van der Waals surface area contributed by atoms with Crippen molar-refractivity contribution in [3.05, 3.63) is 102 Å². The number of unbranched alkanes of at least 4 members (excludes halogenated alkanes) is 1. The van der Waals surface area contributed by atoms with Crippen LogP contribution in [0.2, 0.25) is 0 Å². The number of nitrogens with zero attached hydrogens (tertiary/aromatic N) is 4. The highest BCUT2D eigenvalue weighted by molar-refractivity contribution is 5.82. The van der Waals surface area contributed by atoms with Gasteiger partial charge in [-0.3, -0.25) is 0 Å². The molecule has 2 unspecified atom stereocenters. The Morgan fingerprint density at radius 2 is 1.72 bits per heavy atom. The average molecular weight is 524 g/mol. The van der Waals surface area contributed by atoms with Gasteiger partial charge in [0.05, 0.1) is 12.7 Å². The zero-order valence-electron chi connectivity index (χ0n) is 22.4. The fraction of sp³-hybridized carbons (Fsp3) is 0.344. The molecule has 0 bridgehead atoms. The first-order valence-electron chi connectivity index (χ1n) is 13.7. The fourth-order valence-corrected chi connectivity index (χ4v) is 5.31. The molecule has 39 heavy (non-hydrogen) atoms. The van der Waals surface area contributed by atoms with Crippen LogP contribution in [0.3, 0.4) is 0 Å². The molecule has 0 saturated carbocycles. The highest BCUT2D eigenvalue weighted by atomic mass is 16.5. The number of hydrogen-bond donors (Lipinski definition) is 0. The monoisotopic (exact) mass is 523 g/mol. The third-order valence-electron chi connectivity index (χ3n) is 7.57. The molecule has 1 amide bonds. The van der Waals surface area contributed by atoms with Gasteiger partial charge in [-0.1, -0.05) is 66.7 Å². The summed E-state index contributed by atoms with van der Waals surface area (Å²) in [6.07, 6.45) is 6.14. The van der Waals surface area contributed by atoms with Gasteiger partial charge in [0, 0.05) is 45.0 Å². The zero-order valence-corrected chi connectivity index (χ0v) is 22.4. The second kappa shape index (κ2) is 12.7. The van der Waals surface area contributed by atoms with Crippen molar-refractivity contribution >= 4 is 22.8 Å². The lowest BCUT2D eigenvalue weighted by molar-refractivity contribution is -0.268. The molecule has 1 aliphatic rings. The van der Waals surface area contributed by atoms with Crippen LogP contribution in [-0.2, 0) is 17.8 Å². The molecule has 2 heterocycles. The van der Waals surface area contributed by atoms with Gasteiger partial charge in [-0.05, 0) is 59.2 Å².